The summed E-state index contributed by atoms with van der Waals surface area (Å²) in [5.74, 6) is 0.841. The Hall–Kier alpha value is -1.12. The molecule has 0 spiro atoms. The number of thiophene rings is 1. The highest BCUT2D eigenvalue weighted by atomic mass is 32.1. The molecule has 1 N–H and O–H groups in total. The van der Waals surface area contributed by atoms with E-state index in [4.69, 9.17) is 0 Å². The molecule has 1 aliphatic rings. The molecule has 0 radical (unpaired) electrons. The summed E-state index contributed by atoms with van der Waals surface area (Å²) in [6.45, 7) is 4.42. The molecule has 2 atom stereocenters. The average Bonchev–Trinajstić information content (AvgIpc) is 3.16. The van der Waals surface area contributed by atoms with E-state index in [1.807, 2.05) is 11.3 Å². The van der Waals surface area contributed by atoms with E-state index in [2.05, 4.69) is 60.9 Å². The Labute approximate surface area is 126 Å². The summed E-state index contributed by atoms with van der Waals surface area (Å²) in [6.07, 6.45) is 3.89. The van der Waals surface area contributed by atoms with Gasteiger partial charge in [0.05, 0.1) is 0 Å². The van der Waals surface area contributed by atoms with E-state index in [0.717, 1.165) is 12.3 Å². The van der Waals surface area contributed by atoms with Crippen molar-refractivity contribution in [3.8, 4) is 0 Å². The van der Waals surface area contributed by atoms with Gasteiger partial charge in [-0.05, 0) is 49.1 Å². The highest BCUT2D eigenvalue weighted by Crippen LogP contribution is 2.43. The predicted molar refractivity (Wildman–Crippen MR) is 87.1 cm³/mol. The molecule has 1 heterocycles. The smallest absolute Gasteiger partial charge is 0.0448 e. The van der Waals surface area contributed by atoms with Gasteiger partial charge in [0.15, 0.2) is 0 Å². The summed E-state index contributed by atoms with van der Waals surface area (Å²) in [7, 11) is 0. The van der Waals surface area contributed by atoms with Crippen molar-refractivity contribution in [1.82, 2.24) is 5.32 Å². The fourth-order valence-electron chi connectivity index (χ4n) is 2.81. The van der Waals surface area contributed by atoms with Crippen LogP contribution in [0.1, 0.15) is 54.3 Å². The van der Waals surface area contributed by atoms with E-state index in [1.165, 1.54) is 28.8 Å². The molecule has 20 heavy (non-hydrogen) atoms. The van der Waals surface area contributed by atoms with Crippen LogP contribution in [0.25, 0.3) is 0 Å². The molecule has 0 amide bonds. The van der Waals surface area contributed by atoms with E-state index in [0.29, 0.717) is 12.1 Å². The van der Waals surface area contributed by atoms with E-state index in [9.17, 15) is 0 Å². The molecule has 2 heteroatoms. The monoisotopic (exact) mass is 285 g/mol. The van der Waals surface area contributed by atoms with Gasteiger partial charge < -0.3 is 5.32 Å². The molecular weight excluding hydrogens is 262 g/mol. The first-order chi connectivity index (χ1) is 9.78. The van der Waals surface area contributed by atoms with Gasteiger partial charge in [-0.2, -0.15) is 0 Å². The second kappa shape index (κ2) is 6.11. The maximum atomic E-state index is 3.91. The Kier molecular flexibility index (Phi) is 4.23. The van der Waals surface area contributed by atoms with Crippen molar-refractivity contribution in [3.05, 3.63) is 57.8 Å². The van der Waals surface area contributed by atoms with E-state index < -0.39 is 0 Å². The predicted octanol–water partition coefficient (Wildman–Crippen LogP) is 5.25. The minimum atomic E-state index is 0.461. The third-order valence-corrected chi connectivity index (χ3v) is 5.17. The Morgan fingerprint density at radius 3 is 2.50 bits per heavy atom. The van der Waals surface area contributed by atoms with E-state index in [1.54, 1.807) is 0 Å². The number of benzene rings is 1. The summed E-state index contributed by atoms with van der Waals surface area (Å²) < 4.78 is 0. The maximum absolute atomic E-state index is 3.91. The third-order valence-electron chi connectivity index (χ3n) is 4.21. The lowest BCUT2D eigenvalue weighted by Gasteiger charge is -2.25. The van der Waals surface area contributed by atoms with Crippen LogP contribution in [0.3, 0.4) is 0 Å². The molecular formula is C18H23NS. The Balaban J connectivity index is 1.77. The van der Waals surface area contributed by atoms with Crippen molar-refractivity contribution in [3.63, 3.8) is 0 Å². The Morgan fingerprint density at radius 1 is 1.20 bits per heavy atom. The lowest BCUT2D eigenvalue weighted by molar-refractivity contribution is 0.406. The van der Waals surface area contributed by atoms with Crippen LogP contribution in [-0.2, 0) is 0 Å². The van der Waals surface area contributed by atoms with Crippen molar-refractivity contribution in [1.29, 1.82) is 0 Å². The van der Waals surface area contributed by atoms with Crippen molar-refractivity contribution >= 4 is 11.3 Å². The topological polar surface area (TPSA) is 12.0 Å². The molecule has 1 fully saturated rings. The SMILES string of the molecule is CCC(NC(c1cccs1)C1CC1)c1ccc(C)cc1. The highest BCUT2D eigenvalue weighted by Gasteiger charge is 2.34. The minimum Gasteiger partial charge on any atom is -0.302 e. The second-order valence-corrected chi connectivity index (χ2v) is 6.85. The second-order valence-electron chi connectivity index (χ2n) is 5.87. The third kappa shape index (κ3) is 3.13. The van der Waals surface area contributed by atoms with Gasteiger partial charge in [0.2, 0.25) is 0 Å². The van der Waals surface area contributed by atoms with Crippen molar-refractivity contribution in [2.24, 2.45) is 5.92 Å². The molecule has 1 aliphatic carbocycles. The standard InChI is InChI=1S/C18H23NS/c1-3-16(14-8-6-13(2)7-9-14)19-18(15-10-11-15)17-5-4-12-20-17/h4-9,12,15-16,18-19H,3,10-11H2,1-2H3. The van der Waals surface area contributed by atoms with Crippen LogP contribution >= 0.6 is 11.3 Å². The lowest BCUT2D eigenvalue weighted by Crippen LogP contribution is -2.27. The first kappa shape index (κ1) is 13.8. The van der Waals surface area contributed by atoms with Gasteiger partial charge in [0.1, 0.15) is 0 Å². The summed E-state index contributed by atoms with van der Waals surface area (Å²) in [4.78, 5) is 1.50. The van der Waals surface area contributed by atoms with Crippen molar-refractivity contribution in [2.45, 2.75) is 45.2 Å². The summed E-state index contributed by atoms with van der Waals surface area (Å²) in [5.41, 5.74) is 2.75. The number of hydrogen-bond acceptors (Lipinski definition) is 2. The van der Waals surface area contributed by atoms with Crippen LogP contribution in [0.5, 0.6) is 0 Å². The minimum absolute atomic E-state index is 0.461. The van der Waals surface area contributed by atoms with Gasteiger partial charge in [-0.1, -0.05) is 42.8 Å². The Morgan fingerprint density at radius 2 is 1.95 bits per heavy atom. The Bertz CT molecular complexity index is 525. The summed E-state index contributed by atoms with van der Waals surface area (Å²) in [5, 5.41) is 6.11. The molecule has 1 nitrogen and oxygen atoms in total. The van der Waals surface area contributed by atoms with Gasteiger partial charge in [0.25, 0.3) is 0 Å². The molecule has 0 saturated heterocycles. The lowest BCUT2D eigenvalue weighted by atomic mass is 10.0. The summed E-state index contributed by atoms with van der Waals surface area (Å²) in [6, 6.07) is 14.4. The van der Waals surface area contributed by atoms with Gasteiger partial charge >= 0.3 is 0 Å². The normalized spacial score (nSPS) is 17.9. The van der Waals surface area contributed by atoms with E-state index in [-0.39, 0.29) is 0 Å². The fraction of sp³-hybridized carbons (Fsp3) is 0.444. The first-order valence-electron chi connectivity index (χ1n) is 7.64. The number of rotatable bonds is 6. The highest BCUT2D eigenvalue weighted by molar-refractivity contribution is 7.10. The van der Waals surface area contributed by atoms with Crippen LogP contribution < -0.4 is 5.32 Å². The van der Waals surface area contributed by atoms with Gasteiger partial charge in [0, 0.05) is 17.0 Å². The first-order valence-corrected chi connectivity index (χ1v) is 8.52. The molecule has 2 aromatic rings. The molecule has 2 unspecified atom stereocenters. The van der Waals surface area contributed by atoms with Crippen molar-refractivity contribution in [2.75, 3.05) is 0 Å². The fourth-order valence-corrected chi connectivity index (χ4v) is 3.69. The molecule has 1 saturated carbocycles. The van der Waals surface area contributed by atoms with Crippen LogP contribution in [0, 0.1) is 12.8 Å². The molecule has 1 aromatic heterocycles. The molecule has 3 rings (SSSR count). The molecule has 1 aromatic carbocycles. The zero-order valence-corrected chi connectivity index (χ0v) is 13.1. The average molecular weight is 285 g/mol. The maximum Gasteiger partial charge on any atom is 0.0448 e. The van der Waals surface area contributed by atoms with Gasteiger partial charge in [-0.25, -0.2) is 0 Å². The van der Waals surface area contributed by atoms with Crippen molar-refractivity contribution < 1.29 is 0 Å². The molecule has 0 aliphatic heterocycles. The number of nitrogens with one attached hydrogen (secondary N) is 1. The molecule has 106 valence electrons. The van der Waals surface area contributed by atoms with Crippen LogP contribution in [0.15, 0.2) is 41.8 Å². The van der Waals surface area contributed by atoms with Crippen LogP contribution in [-0.4, -0.2) is 0 Å². The van der Waals surface area contributed by atoms with Crippen LogP contribution in [0.4, 0.5) is 0 Å². The summed E-state index contributed by atoms with van der Waals surface area (Å²) >= 11 is 1.89. The largest absolute Gasteiger partial charge is 0.302 e. The van der Waals surface area contributed by atoms with Gasteiger partial charge in [-0.15, -0.1) is 11.3 Å². The zero-order valence-electron chi connectivity index (χ0n) is 12.3. The quantitative estimate of drug-likeness (QED) is 0.764. The van der Waals surface area contributed by atoms with Crippen LogP contribution in [0.2, 0.25) is 0 Å². The zero-order chi connectivity index (χ0) is 13.9. The number of hydrogen-bond donors (Lipinski definition) is 1. The van der Waals surface area contributed by atoms with Gasteiger partial charge in [-0.3, -0.25) is 0 Å². The van der Waals surface area contributed by atoms with E-state index >= 15 is 0 Å². The number of aryl methyl sites for hydroxylation is 1. The molecule has 0 bridgehead atoms.